The summed E-state index contributed by atoms with van der Waals surface area (Å²) in [6.45, 7) is 4.05. The number of carbonyl (C=O) groups is 1. The maximum atomic E-state index is 12.3. The standard InChI is InChI=1S/C16H16N6O2/c1-10-7-15(22-24-10)21-16(23)13-8-14(20-11(2)19-13)18-9-12-3-5-17-6-4-12/h3-8H,9H2,1-2H3,(H,18,19,20)(H,21,22,23). The van der Waals surface area contributed by atoms with Crippen LogP contribution in [0.2, 0.25) is 0 Å². The number of nitrogens with zero attached hydrogens (tertiary/aromatic N) is 4. The first-order valence-corrected chi connectivity index (χ1v) is 7.33. The Balaban J connectivity index is 1.72. The van der Waals surface area contributed by atoms with Gasteiger partial charge in [-0.3, -0.25) is 9.78 Å². The molecule has 3 aromatic heterocycles. The zero-order valence-electron chi connectivity index (χ0n) is 13.3. The van der Waals surface area contributed by atoms with E-state index < -0.39 is 0 Å². The number of amides is 1. The van der Waals surface area contributed by atoms with Gasteiger partial charge in [-0.2, -0.15) is 0 Å². The number of hydrogen-bond acceptors (Lipinski definition) is 7. The highest BCUT2D eigenvalue weighted by atomic mass is 16.5. The van der Waals surface area contributed by atoms with E-state index in [9.17, 15) is 4.79 Å². The lowest BCUT2D eigenvalue weighted by Gasteiger charge is -2.08. The second kappa shape index (κ2) is 6.86. The van der Waals surface area contributed by atoms with Crippen LogP contribution in [0.5, 0.6) is 0 Å². The number of aromatic nitrogens is 4. The zero-order chi connectivity index (χ0) is 16.9. The minimum Gasteiger partial charge on any atom is -0.366 e. The minimum absolute atomic E-state index is 0.250. The van der Waals surface area contributed by atoms with Gasteiger partial charge < -0.3 is 15.2 Å². The van der Waals surface area contributed by atoms with Crippen molar-refractivity contribution in [1.29, 1.82) is 0 Å². The second-order valence-electron chi connectivity index (χ2n) is 5.17. The first-order chi connectivity index (χ1) is 11.6. The van der Waals surface area contributed by atoms with E-state index in [1.54, 1.807) is 38.4 Å². The van der Waals surface area contributed by atoms with Crippen LogP contribution < -0.4 is 10.6 Å². The van der Waals surface area contributed by atoms with Gasteiger partial charge in [-0.05, 0) is 31.5 Å². The molecule has 0 saturated carbocycles. The molecule has 0 bridgehead atoms. The molecule has 0 aromatic carbocycles. The van der Waals surface area contributed by atoms with E-state index in [4.69, 9.17) is 4.52 Å². The van der Waals surface area contributed by atoms with Crippen molar-refractivity contribution in [3.05, 3.63) is 59.5 Å². The molecule has 8 nitrogen and oxygen atoms in total. The summed E-state index contributed by atoms with van der Waals surface area (Å²) in [5.41, 5.74) is 1.31. The lowest BCUT2D eigenvalue weighted by molar-refractivity contribution is 0.102. The van der Waals surface area contributed by atoms with E-state index in [1.807, 2.05) is 12.1 Å². The molecule has 3 heterocycles. The van der Waals surface area contributed by atoms with Gasteiger partial charge in [0.2, 0.25) is 0 Å². The summed E-state index contributed by atoms with van der Waals surface area (Å²) in [5, 5.41) is 9.54. The Morgan fingerprint density at radius 3 is 2.62 bits per heavy atom. The molecule has 1 amide bonds. The quantitative estimate of drug-likeness (QED) is 0.742. The van der Waals surface area contributed by atoms with Crippen molar-refractivity contribution in [2.24, 2.45) is 0 Å². The van der Waals surface area contributed by atoms with Crippen molar-refractivity contribution < 1.29 is 9.32 Å². The van der Waals surface area contributed by atoms with Crippen molar-refractivity contribution in [1.82, 2.24) is 20.1 Å². The summed E-state index contributed by atoms with van der Waals surface area (Å²) < 4.78 is 4.92. The van der Waals surface area contributed by atoms with Gasteiger partial charge in [0.05, 0.1) is 0 Å². The number of pyridine rings is 1. The number of hydrogen-bond donors (Lipinski definition) is 2. The third-order valence-electron chi connectivity index (χ3n) is 3.16. The molecule has 0 aliphatic heterocycles. The number of carbonyl (C=O) groups excluding carboxylic acids is 1. The van der Waals surface area contributed by atoms with Crippen LogP contribution >= 0.6 is 0 Å². The smallest absolute Gasteiger partial charge is 0.275 e. The average molecular weight is 324 g/mol. The van der Waals surface area contributed by atoms with Crippen molar-refractivity contribution in [2.45, 2.75) is 20.4 Å². The maximum Gasteiger partial charge on any atom is 0.275 e. The summed E-state index contributed by atoms with van der Waals surface area (Å²) in [6.07, 6.45) is 3.45. The SMILES string of the molecule is Cc1nc(NCc2ccncc2)cc(C(=O)Nc2cc(C)on2)n1. The van der Waals surface area contributed by atoms with Gasteiger partial charge in [0.1, 0.15) is 23.1 Å². The molecule has 3 aromatic rings. The van der Waals surface area contributed by atoms with E-state index in [2.05, 4.69) is 30.7 Å². The van der Waals surface area contributed by atoms with Crippen LogP contribution in [0.3, 0.4) is 0 Å². The van der Waals surface area contributed by atoms with Crippen LogP contribution in [0.1, 0.15) is 27.6 Å². The minimum atomic E-state index is -0.374. The van der Waals surface area contributed by atoms with E-state index in [-0.39, 0.29) is 11.6 Å². The molecule has 3 rings (SSSR count). The zero-order valence-corrected chi connectivity index (χ0v) is 13.3. The molecule has 0 unspecified atom stereocenters. The highest BCUT2D eigenvalue weighted by molar-refractivity contribution is 6.02. The van der Waals surface area contributed by atoms with Crippen LogP contribution in [0.15, 0.2) is 41.2 Å². The molecule has 0 fully saturated rings. The summed E-state index contributed by atoms with van der Waals surface area (Å²) >= 11 is 0. The molecule has 2 N–H and O–H groups in total. The predicted octanol–water partition coefficient (Wildman–Crippen LogP) is 2.34. The Labute approximate surface area is 138 Å². The fraction of sp³-hybridized carbons (Fsp3) is 0.188. The van der Waals surface area contributed by atoms with Crippen LogP contribution in [0, 0.1) is 13.8 Å². The molecule has 0 spiro atoms. The molecular weight excluding hydrogens is 308 g/mol. The average Bonchev–Trinajstić information content (AvgIpc) is 2.98. The van der Waals surface area contributed by atoms with Gasteiger partial charge in [-0.25, -0.2) is 9.97 Å². The van der Waals surface area contributed by atoms with Crippen LogP contribution in [-0.2, 0) is 6.54 Å². The van der Waals surface area contributed by atoms with E-state index in [0.29, 0.717) is 29.8 Å². The molecule has 0 aliphatic rings. The van der Waals surface area contributed by atoms with Gasteiger partial charge in [-0.1, -0.05) is 5.16 Å². The van der Waals surface area contributed by atoms with Gasteiger partial charge in [-0.15, -0.1) is 0 Å². The number of nitrogens with one attached hydrogen (secondary N) is 2. The summed E-state index contributed by atoms with van der Waals surface area (Å²) in [4.78, 5) is 24.7. The summed E-state index contributed by atoms with van der Waals surface area (Å²) in [6, 6.07) is 7.04. The Morgan fingerprint density at radius 2 is 1.92 bits per heavy atom. The maximum absolute atomic E-state index is 12.3. The molecule has 24 heavy (non-hydrogen) atoms. The summed E-state index contributed by atoms with van der Waals surface area (Å²) in [5.74, 6) is 1.65. The molecule has 0 aliphatic carbocycles. The largest absolute Gasteiger partial charge is 0.366 e. The lowest BCUT2D eigenvalue weighted by Crippen LogP contribution is -2.16. The van der Waals surface area contributed by atoms with Crippen molar-refractivity contribution in [3.63, 3.8) is 0 Å². The molecule has 0 atom stereocenters. The third-order valence-corrected chi connectivity index (χ3v) is 3.16. The molecule has 8 heteroatoms. The van der Waals surface area contributed by atoms with Gasteiger partial charge in [0, 0.05) is 31.1 Å². The molecular formula is C16H16N6O2. The Bertz CT molecular complexity index is 847. The fourth-order valence-corrected chi connectivity index (χ4v) is 2.07. The number of anilines is 2. The van der Waals surface area contributed by atoms with E-state index in [1.165, 1.54) is 0 Å². The van der Waals surface area contributed by atoms with Crippen LogP contribution in [0.25, 0.3) is 0 Å². The molecule has 122 valence electrons. The number of aryl methyl sites for hydroxylation is 2. The number of rotatable bonds is 5. The highest BCUT2D eigenvalue weighted by Gasteiger charge is 2.12. The third kappa shape index (κ3) is 3.92. The van der Waals surface area contributed by atoms with Crippen LogP contribution in [-0.4, -0.2) is 26.0 Å². The topological polar surface area (TPSA) is 106 Å². The summed E-state index contributed by atoms with van der Waals surface area (Å²) in [7, 11) is 0. The normalized spacial score (nSPS) is 10.4. The van der Waals surface area contributed by atoms with Crippen molar-refractivity contribution in [3.8, 4) is 0 Å². The van der Waals surface area contributed by atoms with E-state index in [0.717, 1.165) is 5.56 Å². The Hall–Kier alpha value is -3.29. The highest BCUT2D eigenvalue weighted by Crippen LogP contribution is 2.12. The first-order valence-electron chi connectivity index (χ1n) is 7.33. The van der Waals surface area contributed by atoms with Crippen molar-refractivity contribution in [2.75, 3.05) is 10.6 Å². The lowest BCUT2D eigenvalue weighted by atomic mass is 10.2. The van der Waals surface area contributed by atoms with Gasteiger partial charge in [0.25, 0.3) is 5.91 Å². The monoisotopic (exact) mass is 324 g/mol. The van der Waals surface area contributed by atoms with Gasteiger partial charge in [0.15, 0.2) is 5.82 Å². The van der Waals surface area contributed by atoms with Gasteiger partial charge >= 0.3 is 0 Å². The Morgan fingerprint density at radius 1 is 1.12 bits per heavy atom. The van der Waals surface area contributed by atoms with Crippen LogP contribution in [0.4, 0.5) is 11.6 Å². The molecule has 0 saturated heterocycles. The first kappa shape index (κ1) is 15.6. The Kier molecular flexibility index (Phi) is 4.46. The van der Waals surface area contributed by atoms with E-state index >= 15 is 0 Å². The second-order valence-corrected chi connectivity index (χ2v) is 5.17. The predicted molar refractivity (Wildman–Crippen MR) is 87.5 cm³/mol. The van der Waals surface area contributed by atoms with Crippen molar-refractivity contribution >= 4 is 17.5 Å². The fourth-order valence-electron chi connectivity index (χ4n) is 2.07. The molecule has 0 radical (unpaired) electrons.